The van der Waals surface area contributed by atoms with E-state index in [9.17, 15) is 0 Å². The van der Waals surface area contributed by atoms with Crippen LogP contribution in [0.4, 0.5) is 0 Å². The zero-order valence-corrected chi connectivity index (χ0v) is 27.5. The zero-order valence-electron chi connectivity index (χ0n) is 27.5. The Bertz CT molecular complexity index is 2900. The Kier molecular flexibility index (Phi) is 6.78. The van der Waals surface area contributed by atoms with Gasteiger partial charge in [0.2, 0.25) is 0 Å². The molecule has 51 heavy (non-hydrogen) atoms. The Hall–Kier alpha value is -6.91. The lowest BCUT2D eigenvalue weighted by Gasteiger charge is -2.11. The van der Waals surface area contributed by atoms with E-state index >= 15 is 0 Å². The summed E-state index contributed by atoms with van der Waals surface area (Å²) in [5.41, 5.74) is 9.01. The van der Waals surface area contributed by atoms with Crippen molar-refractivity contribution in [2.75, 3.05) is 0 Å². The number of fused-ring (bicyclic) bond motifs is 6. The molecule has 10 aromatic rings. The standard InChI is InChI=1S/C47H29N3O/c1-3-12-30(13-4-1)32-22-25-34(26-23-32)45-48-46(36-27-24-31-14-7-8-17-35(31)28-36)50-47(49-45)39-20-11-21-42-43(39)41-29-40(33-15-5-2-6-16-33)37-18-9-10-19-38(37)44(41)51-42/h1-29H. The van der Waals surface area contributed by atoms with E-state index in [2.05, 4.69) is 158 Å². The van der Waals surface area contributed by atoms with E-state index in [1.807, 2.05) is 18.2 Å². The van der Waals surface area contributed by atoms with Crippen LogP contribution in [0.2, 0.25) is 0 Å². The van der Waals surface area contributed by atoms with Crippen molar-refractivity contribution in [1.82, 2.24) is 15.0 Å². The molecule has 4 heteroatoms. The van der Waals surface area contributed by atoms with Crippen LogP contribution in [0.5, 0.6) is 0 Å². The van der Waals surface area contributed by atoms with Gasteiger partial charge in [0.15, 0.2) is 17.5 Å². The highest BCUT2D eigenvalue weighted by atomic mass is 16.3. The van der Waals surface area contributed by atoms with Crippen molar-refractivity contribution in [3.05, 3.63) is 176 Å². The second-order valence-corrected chi connectivity index (χ2v) is 12.8. The number of aromatic nitrogens is 3. The molecule has 0 atom stereocenters. The van der Waals surface area contributed by atoms with Gasteiger partial charge in [-0.15, -0.1) is 0 Å². The van der Waals surface area contributed by atoms with Gasteiger partial charge in [0.1, 0.15) is 11.2 Å². The van der Waals surface area contributed by atoms with E-state index in [-0.39, 0.29) is 0 Å². The Morgan fingerprint density at radius 2 is 0.922 bits per heavy atom. The average molecular weight is 652 g/mol. The van der Waals surface area contributed by atoms with Crippen LogP contribution < -0.4 is 0 Å². The first-order valence-electron chi connectivity index (χ1n) is 17.1. The summed E-state index contributed by atoms with van der Waals surface area (Å²) in [6.07, 6.45) is 0. The summed E-state index contributed by atoms with van der Waals surface area (Å²) < 4.78 is 6.68. The normalized spacial score (nSPS) is 11.5. The van der Waals surface area contributed by atoms with E-state index in [1.54, 1.807) is 0 Å². The Morgan fingerprint density at radius 1 is 0.333 bits per heavy atom. The van der Waals surface area contributed by atoms with Gasteiger partial charge >= 0.3 is 0 Å². The lowest BCUT2D eigenvalue weighted by atomic mass is 9.94. The summed E-state index contributed by atoms with van der Waals surface area (Å²) in [5, 5.41) is 6.54. The van der Waals surface area contributed by atoms with Crippen molar-refractivity contribution in [3.63, 3.8) is 0 Å². The molecule has 0 radical (unpaired) electrons. The molecule has 0 saturated heterocycles. The maximum Gasteiger partial charge on any atom is 0.164 e. The van der Waals surface area contributed by atoms with Crippen LogP contribution in [-0.2, 0) is 0 Å². The summed E-state index contributed by atoms with van der Waals surface area (Å²) in [5.74, 6) is 1.83. The van der Waals surface area contributed by atoms with Crippen molar-refractivity contribution >= 4 is 43.5 Å². The second-order valence-electron chi connectivity index (χ2n) is 12.8. The molecule has 0 bridgehead atoms. The molecular weight excluding hydrogens is 623 g/mol. The van der Waals surface area contributed by atoms with Gasteiger partial charge in [-0.05, 0) is 56.6 Å². The minimum atomic E-state index is 0.595. The summed E-state index contributed by atoms with van der Waals surface area (Å²) >= 11 is 0. The molecule has 4 nitrogen and oxygen atoms in total. The third kappa shape index (κ3) is 5.04. The molecule has 2 aromatic heterocycles. The average Bonchev–Trinajstić information content (AvgIpc) is 3.60. The summed E-state index contributed by atoms with van der Waals surface area (Å²) in [7, 11) is 0. The van der Waals surface area contributed by atoms with Gasteiger partial charge in [-0.2, -0.15) is 0 Å². The van der Waals surface area contributed by atoms with E-state index < -0.39 is 0 Å². The molecule has 0 N–H and O–H groups in total. The molecule has 238 valence electrons. The van der Waals surface area contributed by atoms with E-state index in [4.69, 9.17) is 19.4 Å². The van der Waals surface area contributed by atoms with Gasteiger partial charge in [0, 0.05) is 32.8 Å². The highest BCUT2D eigenvalue weighted by molar-refractivity contribution is 6.21. The number of rotatable bonds is 5. The first kappa shape index (κ1) is 29.0. The predicted molar refractivity (Wildman–Crippen MR) is 209 cm³/mol. The van der Waals surface area contributed by atoms with Crippen LogP contribution in [0.15, 0.2) is 180 Å². The largest absolute Gasteiger partial charge is 0.455 e. The summed E-state index contributed by atoms with van der Waals surface area (Å²) in [4.78, 5) is 15.5. The van der Waals surface area contributed by atoms with Gasteiger partial charge < -0.3 is 4.42 Å². The van der Waals surface area contributed by atoms with Gasteiger partial charge in [0.25, 0.3) is 0 Å². The molecule has 0 fully saturated rings. The maximum absolute atomic E-state index is 6.68. The number of benzene rings is 8. The van der Waals surface area contributed by atoms with E-state index in [0.717, 1.165) is 77.0 Å². The van der Waals surface area contributed by atoms with Gasteiger partial charge in [0.05, 0.1) is 0 Å². The third-order valence-corrected chi connectivity index (χ3v) is 9.72. The van der Waals surface area contributed by atoms with Crippen molar-refractivity contribution < 1.29 is 4.42 Å². The summed E-state index contributed by atoms with van der Waals surface area (Å²) in [6.45, 7) is 0. The van der Waals surface area contributed by atoms with Crippen LogP contribution in [0.25, 0.3) is 99.9 Å². The number of nitrogens with zero attached hydrogens (tertiary/aromatic N) is 3. The molecule has 0 unspecified atom stereocenters. The quantitative estimate of drug-likeness (QED) is 0.186. The van der Waals surface area contributed by atoms with E-state index in [0.29, 0.717) is 17.5 Å². The third-order valence-electron chi connectivity index (χ3n) is 9.72. The van der Waals surface area contributed by atoms with Crippen LogP contribution in [-0.4, -0.2) is 15.0 Å². The fraction of sp³-hybridized carbons (Fsp3) is 0. The predicted octanol–water partition coefficient (Wildman–Crippen LogP) is 12.4. The number of hydrogen-bond acceptors (Lipinski definition) is 4. The molecule has 0 aliphatic heterocycles. The molecule has 0 spiro atoms. The second kappa shape index (κ2) is 11.9. The van der Waals surface area contributed by atoms with Crippen LogP contribution in [0.3, 0.4) is 0 Å². The van der Waals surface area contributed by atoms with Gasteiger partial charge in [-0.1, -0.05) is 158 Å². The SMILES string of the molecule is c1ccc(-c2ccc(-c3nc(-c4ccc5ccccc5c4)nc(-c4cccc5oc6c7ccccc7c(-c7ccccc7)cc6c45)n3)cc2)cc1. The lowest BCUT2D eigenvalue weighted by molar-refractivity contribution is 0.673. The van der Waals surface area contributed by atoms with Crippen LogP contribution in [0, 0.1) is 0 Å². The molecule has 0 aliphatic rings. The Labute approximate surface area is 294 Å². The molecule has 0 aliphatic carbocycles. The van der Waals surface area contributed by atoms with Crippen LogP contribution in [0.1, 0.15) is 0 Å². The Morgan fingerprint density at radius 3 is 1.71 bits per heavy atom. The fourth-order valence-corrected chi connectivity index (χ4v) is 7.22. The van der Waals surface area contributed by atoms with Crippen molar-refractivity contribution in [2.24, 2.45) is 0 Å². The first-order valence-corrected chi connectivity index (χ1v) is 17.1. The van der Waals surface area contributed by atoms with Crippen LogP contribution >= 0.6 is 0 Å². The topological polar surface area (TPSA) is 51.8 Å². The molecule has 10 rings (SSSR count). The molecule has 0 amide bonds. The molecule has 2 heterocycles. The zero-order chi connectivity index (χ0) is 33.7. The highest BCUT2D eigenvalue weighted by Crippen LogP contribution is 2.43. The van der Waals surface area contributed by atoms with E-state index in [1.165, 1.54) is 5.39 Å². The highest BCUT2D eigenvalue weighted by Gasteiger charge is 2.20. The number of furan rings is 1. The minimum Gasteiger partial charge on any atom is -0.455 e. The number of hydrogen-bond donors (Lipinski definition) is 0. The lowest BCUT2D eigenvalue weighted by Crippen LogP contribution is -2.00. The Balaban J connectivity index is 1.22. The monoisotopic (exact) mass is 651 g/mol. The minimum absolute atomic E-state index is 0.595. The molecule has 8 aromatic carbocycles. The molecular formula is C47H29N3O. The molecule has 0 saturated carbocycles. The van der Waals surface area contributed by atoms with Crippen molar-refractivity contribution in [2.45, 2.75) is 0 Å². The fourth-order valence-electron chi connectivity index (χ4n) is 7.22. The van der Waals surface area contributed by atoms with Gasteiger partial charge in [-0.25, -0.2) is 15.0 Å². The summed E-state index contributed by atoms with van der Waals surface area (Å²) in [6, 6.07) is 61.0. The first-order chi connectivity index (χ1) is 25.3. The maximum atomic E-state index is 6.68. The smallest absolute Gasteiger partial charge is 0.164 e. The van der Waals surface area contributed by atoms with Gasteiger partial charge in [-0.3, -0.25) is 0 Å². The van der Waals surface area contributed by atoms with Crippen molar-refractivity contribution in [1.29, 1.82) is 0 Å². The van der Waals surface area contributed by atoms with Crippen molar-refractivity contribution in [3.8, 4) is 56.4 Å².